The van der Waals surface area contributed by atoms with Crippen molar-refractivity contribution in [2.75, 3.05) is 0 Å². The minimum Gasteiger partial charge on any atom is -0.421 e. The molecule has 1 heterocycles. The Kier molecular flexibility index (Phi) is 3.23. The molecule has 0 aliphatic heterocycles. The lowest BCUT2D eigenvalue weighted by Gasteiger charge is -2.17. The Labute approximate surface area is 83.6 Å². The molecule has 0 fully saturated rings. The van der Waals surface area contributed by atoms with E-state index >= 15 is 0 Å². The molecule has 2 N–H and O–H groups in total. The SMILES string of the molecule is CC(N)c1nnc(COC(C)(C)C)o1. The third kappa shape index (κ3) is 3.43. The first-order valence-electron chi connectivity index (χ1n) is 4.60. The van der Waals surface area contributed by atoms with Crippen LogP contribution < -0.4 is 5.73 Å². The van der Waals surface area contributed by atoms with Gasteiger partial charge in [-0.2, -0.15) is 0 Å². The first-order chi connectivity index (χ1) is 6.38. The standard InChI is InChI=1S/C9H17N3O2/c1-6(10)8-12-11-7(14-8)5-13-9(2,3)4/h6H,5,10H2,1-4H3. The smallest absolute Gasteiger partial charge is 0.242 e. The Morgan fingerprint density at radius 1 is 1.43 bits per heavy atom. The largest absolute Gasteiger partial charge is 0.421 e. The zero-order chi connectivity index (χ0) is 10.8. The number of aromatic nitrogens is 2. The van der Waals surface area contributed by atoms with Crippen LogP contribution in [0.25, 0.3) is 0 Å². The van der Waals surface area contributed by atoms with Crippen LogP contribution in [0.5, 0.6) is 0 Å². The van der Waals surface area contributed by atoms with E-state index in [0.717, 1.165) is 0 Å². The van der Waals surface area contributed by atoms with Gasteiger partial charge >= 0.3 is 0 Å². The summed E-state index contributed by atoms with van der Waals surface area (Å²) in [5, 5.41) is 7.61. The lowest BCUT2D eigenvalue weighted by atomic mass is 10.2. The van der Waals surface area contributed by atoms with Crippen LogP contribution in [0, 0.1) is 0 Å². The van der Waals surface area contributed by atoms with Crippen molar-refractivity contribution in [2.24, 2.45) is 5.73 Å². The molecule has 0 saturated carbocycles. The number of nitrogens with two attached hydrogens (primary N) is 1. The van der Waals surface area contributed by atoms with E-state index in [1.807, 2.05) is 20.8 Å². The minimum atomic E-state index is -0.231. The maximum Gasteiger partial charge on any atom is 0.242 e. The van der Waals surface area contributed by atoms with Crippen LogP contribution in [-0.4, -0.2) is 15.8 Å². The van der Waals surface area contributed by atoms with Crippen LogP contribution >= 0.6 is 0 Å². The normalized spacial score (nSPS) is 14.4. The molecule has 0 radical (unpaired) electrons. The summed E-state index contributed by atoms with van der Waals surface area (Å²) in [6.07, 6.45) is 0. The minimum absolute atomic E-state index is 0.205. The molecular weight excluding hydrogens is 182 g/mol. The van der Waals surface area contributed by atoms with E-state index < -0.39 is 0 Å². The fraction of sp³-hybridized carbons (Fsp3) is 0.778. The van der Waals surface area contributed by atoms with Crippen molar-refractivity contribution >= 4 is 0 Å². The molecule has 1 aromatic rings. The molecule has 14 heavy (non-hydrogen) atoms. The zero-order valence-corrected chi connectivity index (χ0v) is 9.07. The van der Waals surface area contributed by atoms with Gasteiger partial charge in [0.05, 0.1) is 11.6 Å². The molecule has 0 aliphatic carbocycles. The summed E-state index contributed by atoms with van der Waals surface area (Å²) in [6, 6.07) is -0.231. The molecule has 0 saturated heterocycles. The van der Waals surface area contributed by atoms with Gasteiger partial charge in [0.2, 0.25) is 11.8 Å². The highest BCUT2D eigenvalue weighted by molar-refractivity contribution is 4.85. The predicted octanol–water partition coefficient (Wildman–Crippen LogP) is 1.40. The van der Waals surface area contributed by atoms with Gasteiger partial charge in [-0.25, -0.2) is 0 Å². The summed E-state index contributed by atoms with van der Waals surface area (Å²) in [7, 11) is 0. The first-order valence-corrected chi connectivity index (χ1v) is 4.60. The van der Waals surface area contributed by atoms with Gasteiger partial charge in [0.15, 0.2) is 0 Å². The highest BCUT2D eigenvalue weighted by atomic mass is 16.5. The summed E-state index contributed by atoms with van der Waals surface area (Å²) in [5.74, 6) is 0.907. The van der Waals surface area contributed by atoms with Gasteiger partial charge in [0.1, 0.15) is 6.61 Å². The van der Waals surface area contributed by atoms with E-state index in [1.54, 1.807) is 6.92 Å². The lowest BCUT2D eigenvalue weighted by molar-refractivity contribution is -0.0247. The molecule has 0 amide bonds. The summed E-state index contributed by atoms with van der Waals surface area (Å²) in [6.45, 7) is 8.02. The van der Waals surface area contributed by atoms with Crippen LogP contribution in [0.2, 0.25) is 0 Å². The fourth-order valence-corrected chi connectivity index (χ4v) is 0.787. The predicted molar refractivity (Wildman–Crippen MR) is 51.4 cm³/mol. The lowest BCUT2D eigenvalue weighted by Crippen LogP contribution is -2.18. The van der Waals surface area contributed by atoms with Gasteiger partial charge in [-0.3, -0.25) is 0 Å². The second kappa shape index (κ2) is 4.06. The maximum absolute atomic E-state index is 5.57. The summed E-state index contributed by atoms with van der Waals surface area (Å²) >= 11 is 0. The van der Waals surface area contributed by atoms with Crippen LogP contribution in [0.1, 0.15) is 45.5 Å². The molecule has 1 aromatic heterocycles. The van der Waals surface area contributed by atoms with Gasteiger partial charge in [-0.1, -0.05) is 0 Å². The summed E-state index contributed by atoms with van der Waals surface area (Å²) in [5.41, 5.74) is 5.37. The average Bonchev–Trinajstić information content (AvgIpc) is 2.47. The van der Waals surface area contributed by atoms with Gasteiger partial charge in [0, 0.05) is 0 Å². The second-order valence-electron chi connectivity index (χ2n) is 4.22. The Bertz CT molecular complexity index is 288. The van der Waals surface area contributed by atoms with E-state index in [-0.39, 0.29) is 11.6 Å². The van der Waals surface area contributed by atoms with E-state index in [1.165, 1.54) is 0 Å². The zero-order valence-electron chi connectivity index (χ0n) is 9.07. The number of hydrogen-bond donors (Lipinski definition) is 1. The van der Waals surface area contributed by atoms with Crippen molar-refractivity contribution in [1.29, 1.82) is 0 Å². The van der Waals surface area contributed by atoms with Crippen LogP contribution in [0.4, 0.5) is 0 Å². The number of nitrogens with zero attached hydrogens (tertiary/aromatic N) is 2. The Balaban J connectivity index is 2.52. The summed E-state index contributed by atoms with van der Waals surface area (Å²) in [4.78, 5) is 0. The molecule has 0 aromatic carbocycles. The highest BCUT2D eigenvalue weighted by Crippen LogP contribution is 2.12. The number of ether oxygens (including phenoxy) is 1. The molecule has 1 rings (SSSR count). The van der Waals surface area contributed by atoms with Gasteiger partial charge < -0.3 is 14.9 Å². The van der Waals surface area contributed by atoms with Crippen LogP contribution in [0.15, 0.2) is 4.42 Å². The van der Waals surface area contributed by atoms with E-state index in [4.69, 9.17) is 14.9 Å². The van der Waals surface area contributed by atoms with E-state index in [9.17, 15) is 0 Å². The van der Waals surface area contributed by atoms with Crippen LogP contribution in [0.3, 0.4) is 0 Å². The number of hydrogen-bond acceptors (Lipinski definition) is 5. The molecule has 0 aliphatic rings. The van der Waals surface area contributed by atoms with Crippen molar-refractivity contribution in [1.82, 2.24) is 10.2 Å². The van der Waals surface area contributed by atoms with E-state index in [2.05, 4.69) is 10.2 Å². The van der Waals surface area contributed by atoms with Crippen molar-refractivity contribution in [2.45, 2.75) is 45.9 Å². The summed E-state index contributed by atoms with van der Waals surface area (Å²) < 4.78 is 10.7. The molecule has 0 spiro atoms. The van der Waals surface area contributed by atoms with Crippen molar-refractivity contribution in [3.63, 3.8) is 0 Å². The molecule has 1 unspecified atom stereocenters. The third-order valence-electron chi connectivity index (χ3n) is 1.50. The molecular formula is C9H17N3O2. The maximum atomic E-state index is 5.57. The Morgan fingerprint density at radius 3 is 2.50 bits per heavy atom. The fourth-order valence-electron chi connectivity index (χ4n) is 0.787. The molecule has 80 valence electrons. The third-order valence-corrected chi connectivity index (χ3v) is 1.50. The monoisotopic (exact) mass is 199 g/mol. The van der Waals surface area contributed by atoms with E-state index in [0.29, 0.717) is 18.4 Å². The van der Waals surface area contributed by atoms with Crippen molar-refractivity contribution in [3.8, 4) is 0 Å². The molecule has 5 nitrogen and oxygen atoms in total. The van der Waals surface area contributed by atoms with Crippen LogP contribution in [-0.2, 0) is 11.3 Å². The average molecular weight is 199 g/mol. The second-order valence-corrected chi connectivity index (χ2v) is 4.22. The van der Waals surface area contributed by atoms with Gasteiger partial charge in [-0.05, 0) is 27.7 Å². The topological polar surface area (TPSA) is 74.2 Å². The molecule has 5 heteroatoms. The van der Waals surface area contributed by atoms with Crippen molar-refractivity contribution in [3.05, 3.63) is 11.8 Å². The molecule has 1 atom stereocenters. The highest BCUT2D eigenvalue weighted by Gasteiger charge is 2.14. The van der Waals surface area contributed by atoms with Gasteiger partial charge in [-0.15, -0.1) is 10.2 Å². The number of rotatable bonds is 3. The Morgan fingerprint density at radius 2 is 2.07 bits per heavy atom. The van der Waals surface area contributed by atoms with Crippen molar-refractivity contribution < 1.29 is 9.15 Å². The quantitative estimate of drug-likeness (QED) is 0.796. The Hall–Kier alpha value is -0.940. The van der Waals surface area contributed by atoms with Gasteiger partial charge in [0.25, 0.3) is 0 Å². The first kappa shape index (κ1) is 11.1. The molecule has 0 bridgehead atoms.